The van der Waals surface area contributed by atoms with E-state index in [9.17, 15) is 9.90 Å². The molecule has 0 saturated carbocycles. The van der Waals surface area contributed by atoms with Crippen molar-refractivity contribution < 1.29 is 9.90 Å². The van der Waals surface area contributed by atoms with E-state index in [0.29, 0.717) is 12.5 Å². The van der Waals surface area contributed by atoms with E-state index >= 15 is 0 Å². The van der Waals surface area contributed by atoms with Gasteiger partial charge in [-0.2, -0.15) is 0 Å². The Morgan fingerprint density at radius 1 is 1.52 bits per heavy atom. The van der Waals surface area contributed by atoms with Crippen LogP contribution in [0.2, 0.25) is 0 Å². The lowest BCUT2D eigenvalue weighted by atomic mass is 10.00. The first-order valence-corrected chi connectivity index (χ1v) is 8.79. The maximum absolute atomic E-state index is 11.7. The van der Waals surface area contributed by atoms with Crippen molar-refractivity contribution in [2.45, 2.75) is 38.8 Å². The molecule has 2 aromatic heterocycles. The lowest BCUT2D eigenvalue weighted by molar-refractivity contribution is -0.144. The SMILES string of the molecule is CC(C)c1nc(CN2CCc3sccc3C2C(=O)O)cs1. The molecule has 2 aromatic rings. The van der Waals surface area contributed by atoms with Gasteiger partial charge in [-0.15, -0.1) is 22.7 Å². The first-order valence-electron chi connectivity index (χ1n) is 7.03. The molecule has 1 atom stereocenters. The third-order valence-corrected chi connectivity index (χ3v) is 5.92. The molecule has 3 rings (SSSR count). The van der Waals surface area contributed by atoms with Gasteiger partial charge in [0.2, 0.25) is 0 Å². The van der Waals surface area contributed by atoms with Gasteiger partial charge < -0.3 is 5.11 Å². The van der Waals surface area contributed by atoms with Gasteiger partial charge in [-0.1, -0.05) is 13.8 Å². The van der Waals surface area contributed by atoms with E-state index in [1.165, 1.54) is 4.88 Å². The predicted octanol–water partition coefficient (Wildman–Crippen LogP) is 3.51. The number of thiazole rings is 1. The molecule has 21 heavy (non-hydrogen) atoms. The van der Waals surface area contributed by atoms with E-state index in [0.717, 1.165) is 29.2 Å². The van der Waals surface area contributed by atoms with Crippen LogP contribution < -0.4 is 0 Å². The summed E-state index contributed by atoms with van der Waals surface area (Å²) in [5.74, 6) is -0.350. The summed E-state index contributed by atoms with van der Waals surface area (Å²) in [4.78, 5) is 19.5. The molecule has 1 N–H and O–H groups in total. The van der Waals surface area contributed by atoms with Crippen LogP contribution in [0.15, 0.2) is 16.8 Å². The second kappa shape index (κ2) is 5.87. The number of fused-ring (bicyclic) bond motifs is 1. The summed E-state index contributed by atoms with van der Waals surface area (Å²) in [5, 5.41) is 14.7. The molecule has 0 saturated heterocycles. The topological polar surface area (TPSA) is 53.4 Å². The Balaban J connectivity index is 1.82. The van der Waals surface area contributed by atoms with Gasteiger partial charge in [0.05, 0.1) is 10.7 Å². The van der Waals surface area contributed by atoms with Crippen molar-refractivity contribution in [1.82, 2.24) is 9.88 Å². The molecule has 1 aliphatic rings. The molecule has 3 heterocycles. The van der Waals surface area contributed by atoms with Crippen molar-refractivity contribution >= 4 is 28.6 Å². The molecule has 0 fully saturated rings. The van der Waals surface area contributed by atoms with Crippen LogP contribution in [0.1, 0.15) is 46.9 Å². The number of rotatable bonds is 4. The average Bonchev–Trinajstić information content (AvgIpc) is 3.06. The summed E-state index contributed by atoms with van der Waals surface area (Å²) in [7, 11) is 0. The van der Waals surface area contributed by atoms with Crippen LogP contribution in [0, 0.1) is 0 Å². The van der Waals surface area contributed by atoms with Crippen LogP contribution in [-0.4, -0.2) is 27.5 Å². The molecular formula is C15H18N2O2S2. The third-order valence-electron chi connectivity index (χ3n) is 3.73. The Morgan fingerprint density at radius 3 is 3.00 bits per heavy atom. The summed E-state index contributed by atoms with van der Waals surface area (Å²) < 4.78 is 0. The number of carboxylic acid groups (broad SMARTS) is 1. The van der Waals surface area contributed by atoms with Crippen LogP contribution in [-0.2, 0) is 17.8 Å². The number of aromatic nitrogens is 1. The number of carbonyl (C=O) groups is 1. The zero-order valence-corrected chi connectivity index (χ0v) is 13.7. The van der Waals surface area contributed by atoms with Gasteiger partial charge >= 0.3 is 5.97 Å². The van der Waals surface area contributed by atoms with Crippen LogP contribution >= 0.6 is 22.7 Å². The van der Waals surface area contributed by atoms with E-state index in [1.807, 2.05) is 16.3 Å². The maximum atomic E-state index is 11.7. The van der Waals surface area contributed by atoms with Crippen molar-refractivity contribution in [2.24, 2.45) is 0 Å². The molecule has 1 unspecified atom stereocenters. The van der Waals surface area contributed by atoms with Crippen molar-refractivity contribution in [3.63, 3.8) is 0 Å². The fraction of sp³-hybridized carbons (Fsp3) is 0.467. The second-order valence-corrected chi connectivity index (χ2v) is 7.48. The summed E-state index contributed by atoms with van der Waals surface area (Å²) in [5.41, 5.74) is 1.94. The third kappa shape index (κ3) is 2.88. The smallest absolute Gasteiger partial charge is 0.325 e. The van der Waals surface area contributed by atoms with E-state index < -0.39 is 12.0 Å². The summed E-state index contributed by atoms with van der Waals surface area (Å²) in [6.45, 7) is 5.64. The normalized spacial score (nSPS) is 18.9. The fourth-order valence-electron chi connectivity index (χ4n) is 2.70. The summed E-state index contributed by atoms with van der Waals surface area (Å²) in [6, 6.07) is 1.41. The van der Waals surface area contributed by atoms with Gasteiger partial charge in [-0.25, -0.2) is 4.98 Å². The van der Waals surface area contributed by atoms with Crippen molar-refractivity contribution in [2.75, 3.05) is 6.54 Å². The van der Waals surface area contributed by atoms with Gasteiger partial charge in [-0.05, 0) is 23.4 Å². The lowest BCUT2D eigenvalue weighted by Crippen LogP contribution is -2.38. The summed E-state index contributed by atoms with van der Waals surface area (Å²) in [6.07, 6.45) is 0.929. The van der Waals surface area contributed by atoms with E-state index in [2.05, 4.69) is 24.2 Å². The fourth-order valence-corrected chi connectivity index (χ4v) is 4.43. The van der Waals surface area contributed by atoms with Gasteiger partial charge in [0.15, 0.2) is 0 Å². The highest BCUT2D eigenvalue weighted by Crippen LogP contribution is 2.34. The molecule has 0 aliphatic carbocycles. The van der Waals surface area contributed by atoms with E-state index in [4.69, 9.17) is 0 Å². The lowest BCUT2D eigenvalue weighted by Gasteiger charge is -2.32. The van der Waals surface area contributed by atoms with Crippen molar-refractivity contribution in [3.8, 4) is 0 Å². The van der Waals surface area contributed by atoms with Crippen molar-refractivity contribution in [3.05, 3.63) is 38.0 Å². The van der Waals surface area contributed by atoms with Gasteiger partial charge in [0.25, 0.3) is 0 Å². The first-order chi connectivity index (χ1) is 10.1. The summed E-state index contributed by atoms with van der Waals surface area (Å²) >= 11 is 3.32. The zero-order chi connectivity index (χ0) is 15.0. The number of nitrogens with zero attached hydrogens (tertiary/aromatic N) is 2. The Kier molecular flexibility index (Phi) is 4.10. The molecule has 1 aliphatic heterocycles. The van der Waals surface area contributed by atoms with E-state index in [1.54, 1.807) is 22.7 Å². The Morgan fingerprint density at radius 2 is 2.33 bits per heavy atom. The molecule has 0 radical (unpaired) electrons. The monoisotopic (exact) mass is 322 g/mol. The van der Waals surface area contributed by atoms with Crippen LogP contribution in [0.25, 0.3) is 0 Å². The van der Waals surface area contributed by atoms with Gasteiger partial charge in [0.1, 0.15) is 6.04 Å². The number of thiophene rings is 1. The zero-order valence-electron chi connectivity index (χ0n) is 12.1. The first kappa shape index (κ1) is 14.7. The molecule has 112 valence electrons. The maximum Gasteiger partial charge on any atom is 0.325 e. The standard InChI is InChI=1S/C15H18N2O2S2/c1-9(2)14-16-10(8-21-14)7-17-5-3-12-11(4-6-20-12)13(17)15(18)19/h4,6,8-9,13H,3,5,7H2,1-2H3,(H,18,19). The molecule has 0 aromatic carbocycles. The predicted molar refractivity (Wildman–Crippen MR) is 85.0 cm³/mol. The number of hydrogen-bond donors (Lipinski definition) is 1. The van der Waals surface area contributed by atoms with Gasteiger partial charge in [-0.3, -0.25) is 9.69 Å². The molecule has 6 heteroatoms. The quantitative estimate of drug-likeness (QED) is 0.936. The Labute approximate surface area is 132 Å². The number of hydrogen-bond acceptors (Lipinski definition) is 5. The highest BCUT2D eigenvalue weighted by atomic mass is 32.1. The number of aliphatic carboxylic acids is 1. The van der Waals surface area contributed by atoms with Gasteiger partial charge in [0, 0.05) is 29.3 Å². The molecular weight excluding hydrogens is 304 g/mol. The second-order valence-electron chi connectivity index (χ2n) is 5.59. The molecule has 4 nitrogen and oxygen atoms in total. The minimum atomic E-state index is -0.770. The van der Waals surface area contributed by atoms with Crippen molar-refractivity contribution in [1.29, 1.82) is 0 Å². The Hall–Kier alpha value is -1.24. The van der Waals surface area contributed by atoms with E-state index in [-0.39, 0.29) is 0 Å². The molecule has 0 amide bonds. The number of carboxylic acids is 1. The van der Waals surface area contributed by atoms with Crippen LogP contribution in [0.4, 0.5) is 0 Å². The minimum absolute atomic E-state index is 0.420. The minimum Gasteiger partial charge on any atom is -0.480 e. The highest BCUT2D eigenvalue weighted by molar-refractivity contribution is 7.10. The highest BCUT2D eigenvalue weighted by Gasteiger charge is 2.33. The van der Waals surface area contributed by atoms with Crippen LogP contribution in [0.3, 0.4) is 0 Å². The average molecular weight is 322 g/mol. The Bertz CT molecular complexity index is 648. The molecule has 0 bridgehead atoms. The molecule has 0 spiro atoms. The van der Waals surface area contributed by atoms with Crippen LogP contribution in [0.5, 0.6) is 0 Å². The largest absolute Gasteiger partial charge is 0.480 e.